The number of aryl methyl sites for hydroxylation is 2. The molecule has 1 heterocycles. The molecule has 20 heavy (non-hydrogen) atoms. The maximum Gasteiger partial charge on any atom is 0.234 e. The molecule has 1 atom stereocenters. The normalized spacial score (nSPS) is 22.0. The van der Waals surface area contributed by atoms with Crippen LogP contribution < -0.4 is 10.2 Å². The molecule has 1 aromatic carbocycles. The monoisotopic (exact) mass is 274 g/mol. The third-order valence-electron chi connectivity index (χ3n) is 4.44. The Balaban J connectivity index is 2.27. The Morgan fingerprint density at radius 1 is 1.40 bits per heavy atom. The van der Waals surface area contributed by atoms with E-state index in [2.05, 4.69) is 44.3 Å². The SMILES string of the molecule is CCCC1(C(=O)N(C)c2ccc(C)cc2C)CCNC1. The van der Waals surface area contributed by atoms with Gasteiger partial charge in [0, 0.05) is 19.3 Å². The highest BCUT2D eigenvalue weighted by atomic mass is 16.2. The zero-order chi connectivity index (χ0) is 14.8. The minimum absolute atomic E-state index is 0.208. The molecule has 1 aliphatic rings. The van der Waals surface area contributed by atoms with Crippen molar-refractivity contribution >= 4 is 11.6 Å². The van der Waals surface area contributed by atoms with Gasteiger partial charge in [-0.15, -0.1) is 0 Å². The summed E-state index contributed by atoms with van der Waals surface area (Å²) in [5.41, 5.74) is 3.22. The van der Waals surface area contributed by atoms with Gasteiger partial charge in [0.1, 0.15) is 0 Å². The lowest BCUT2D eigenvalue weighted by Gasteiger charge is -2.32. The van der Waals surface area contributed by atoms with Gasteiger partial charge in [-0.25, -0.2) is 0 Å². The Labute approximate surface area is 122 Å². The van der Waals surface area contributed by atoms with Gasteiger partial charge in [-0.1, -0.05) is 31.0 Å². The Morgan fingerprint density at radius 2 is 2.15 bits per heavy atom. The topological polar surface area (TPSA) is 32.3 Å². The van der Waals surface area contributed by atoms with E-state index in [9.17, 15) is 4.79 Å². The minimum Gasteiger partial charge on any atom is -0.316 e. The second-order valence-electron chi connectivity index (χ2n) is 6.11. The fourth-order valence-electron chi connectivity index (χ4n) is 3.37. The summed E-state index contributed by atoms with van der Waals surface area (Å²) in [6.07, 6.45) is 2.97. The fourth-order valence-corrected chi connectivity index (χ4v) is 3.37. The van der Waals surface area contributed by atoms with Gasteiger partial charge in [0.05, 0.1) is 5.41 Å². The zero-order valence-electron chi connectivity index (χ0n) is 13.1. The summed E-state index contributed by atoms with van der Waals surface area (Å²) in [4.78, 5) is 14.8. The average molecular weight is 274 g/mol. The fraction of sp³-hybridized carbons (Fsp3) is 0.588. The molecular formula is C17H26N2O. The van der Waals surface area contributed by atoms with Crippen molar-refractivity contribution in [1.29, 1.82) is 0 Å². The van der Waals surface area contributed by atoms with Crippen LogP contribution in [-0.2, 0) is 4.79 Å². The summed E-state index contributed by atoms with van der Waals surface area (Å²) in [5, 5.41) is 3.36. The Bertz CT molecular complexity index is 490. The molecule has 110 valence electrons. The highest BCUT2D eigenvalue weighted by Gasteiger charge is 2.42. The van der Waals surface area contributed by atoms with Crippen LogP contribution in [0, 0.1) is 19.3 Å². The van der Waals surface area contributed by atoms with Crippen molar-refractivity contribution in [2.24, 2.45) is 5.41 Å². The van der Waals surface area contributed by atoms with Crippen molar-refractivity contribution in [3.63, 3.8) is 0 Å². The van der Waals surface area contributed by atoms with Crippen LogP contribution in [0.3, 0.4) is 0 Å². The lowest BCUT2D eigenvalue weighted by atomic mass is 9.81. The first-order valence-corrected chi connectivity index (χ1v) is 7.56. The predicted molar refractivity (Wildman–Crippen MR) is 84.2 cm³/mol. The van der Waals surface area contributed by atoms with Gasteiger partial charge in [-0.3, -0.25) is 4.79 Å². The Kier molecular flexibility index (Phi) is 4.48. The van der Waals surface area contributed by atoms with Crippen molar-refractivity contribution in [1.82, 2.24) is 5.32 Å². The molecule has 3 heteroatoms. The number of benzene rings is 1. The van der Waals surface area contributed by atoms with Crippen molar-refractivity contribution in [3.05, 3.63) is 29.3 Å². The van der Waals surface area contributed by atoms with E-state index in [0.717, 1.165) is 38.0 Å². The van der Waals surface area contributed by atoms with E-state index in [1.165, 1.54) is 11.1 Å². The molecule has 1 unspecified atom stereocenters. The second kappa shape index (κ2) is 5.96. The van der Waals surface area contributed by atoms with Crippen LogP contribution in [0.15, 0.2) is 18.2 Å². The first kappa shape index (κ1) is 15.0. The third kappa shape index (κ3) is 2.73. The van der Waals surface area contributed by atoms with E-state index in [-0.39, 0.29) is 11.3 Å². The maximum atomic E-state index is 13.0. The van der Waals surface area contributed by atoms with Crippen LogP contribution in [0.1, 0.15) is 37.3 Å². The van der Waals surface area contributed by atoms with Crippen LogP contribution in [0.4, 0.5) is 5.69 Å². The average Bonchev–Trinajstić information content (AvgIpc) is 2.87. The number of rotatable bonds is 4. The molecule has 0 aliphatic carbocycles. The molecule has 0 spiro atoms. The van der Waals surface area contributed by atoms with E-state index in [1.807, 2.05) is 11.9 Å². The molecular weight excluding hydrogens is 248 g/mol. The van der Waals surface area contributed by atoms with Crippen LogP contribution in [0.5, 0.6) is 0 Å². The van der Waals surface area contributed by atoms with Gasteiger partial charge in [0.15, 0.2) is 0 Å². The van der Waals surface area contributed by atoms with Gasteiger partial charge >= 0.3 is 0 Å². The summed E-state index contributed by atoms with van der Waals surface area (Å²) in [7, 11) is 1.91. The van der Waals surface area contributed by atoms with Crippen LogP contribution >= 0.6 is 0 Å². The van der Waals surface area contributed by atoms with E-state index in [1.54, 1.807) is 0 Å². The molecule has 1 N–H and O–H groups in total. The van der Waals surface area contributed by atoms with Crippen LogP contribution in [0.25, 0.3) is 0 Å². The standard InChI is InChI=1S/C17H26N2O/c1-5-8-17(9-10-18-12-17)16(20)19(4)15-7-6-13(2)11-14(15)3/h6-7,11,18H,5,8-10,12H2,1-4H3. The maximum absolute atomic E-state index is 13.0. The van der Waals surface area contributed by atoms with Crippen molar-refractivity contribution in [2.75, 3.05) is 25.0 Å². The molecule has 1 amide bonds. The molecule has 0 aromatic heterocycles. The van der Waals surface area contributed by atoms with E-state index in [0.29, 0.717) is 0 Å². The number of anilines is 1. The smallest absolute Gasteiger partial charge is 0.234 e. The highest BCUT2D eigenvalue weighted by Crippen LogP contribution is 2.35. The van der Waals surface area contributed by atoms with Gasteiger partial charge in [-0.2, -0.15) is 0 Å². The van der Waals surface area contributed by atoms with Crippen molar-refractivity contribution < 1.29 is 4.79 Å². The number of nitrogens with one attached hydrogen (secondary N) is 1. The minimum atomic E-state index is -0.208. The molecule has 2 rings (SSSR count). The second-order valence-corrected chi connectivity index (χ2v) is 6.11. The molecule has 1 saturated heterocycles. The van der Waals surface area contributed by atoms with Gasteiger partial charge in [-0.05, 0) is 44.9 Å². The molecule has 0 bridgehead atoms. The summed E-state index contributed by atoms with van der Waals surface area (Å²) in [5.74, 6) is 0.260. The summed E-state index contributed by atoms with van der Waals surface area (Å²) in [6, 6.07) is 6.27. The first-order chi connectivity index (χ1) is 9.50. The first-order valence-electron chi connectivity index (χ1n) is 7.56. The Morgan fingerprint density at radius 3 is 2.70 bits per heavy atom. The van der Waals surface area contributed by atoms with Crippen LogP contribution in [0.2, 0.25) is 0 Å². The molecule has 1 aromatic rings. The highest BCUT2D eigenvalue weighted by molar-refractivity contribution is 5.98. The van der Waals surface area contributed by atoms with Crippen molar-refractivity contribution in [3.8, 4) is 0 Å². The van der Waals surface area contributed by atoms with Crippen LogP contribution in [-0.4, -0.2) is 26.0 Å². The number of amides is 1. The van der Waals surface area contributed by atoms with Gasteiger partial charge in [0.25, 0.3) is 0 Å². The molecule has 1 aliphatic heterocycles. The van der Waals surface area contributed by atoms with E-state index >= 15 is 0 Å². The number of hydrogen-bond donors (Lipinski definition) is 1. The summed E-state index contributed by atoms with van der Waals surface area (Å²) in [6.45, 7) is 8.08. The zero-order valence-corrected chi connectivity index (χ0v) is 13.1. The quantitative estimate of drug-likeness (QED) is 0.915. The number of carbonyl (C=O) groups excluding carboxylic acids is 1. The number of nitrogens with zero attached hydrogens (tertiary/aromatic N) is 1. The molecule has 0 radical (unpaired) electrons. The van der Waals surface area contributed by atoms with E-state index < -0.39 is 0 Å². The largest absolute Gasteiger partial charge is 0.316 e. The summed E-state index contributed by atoms with van der Waals surface area (Å²) >= 11 is 0. The van der Waals surface area contributed by atoms with Gasteiger partial charge < -0.3 is 10.2 Å². The van der Waals surface area contributed by atoms with E-state index in [4.69, 9.17) is 0 Å². The Hall–Kier alpha value is -1.35. The molecule has 0 saturated carbocycles. The number of hydrogen-bond acceptors (Lipinski definition) is 2. The lowest BCUT2D eigenvalue weighted by molar-refractivity contribution is -0.127. The van der Waals surface area contributed by atoms with Crippen molar-refractivity contribution in [2.45, 2.75) is 40.0 Å². The molecule has 1 fully saturated rings. The lowest BCUT2D eigenvalue weighted by Crippen LogP contribution is -2.44. The third-order valence-corrected chi connectivity index (χ3v) is 4.44. The predicted octanol–water partition coefficient (Wildman–Crippen LogP) is 3.05. The molecule has 3 nitrogen and oxygen atoms in total. The number of carbonyl (C=O) groups is 1. The van der Waals surface area contributed by atoms with Gasteiger partial charge in [0.2, 0.25) is 5.91 Å². The summed E-state index contributed by atoms with van der Waals surface area (Å²) < 4.78 is 0.